The molecule has 0 saturated heterocycles. The van der Waals surface area contributed by atoms with E-state index in [2.05, 4.69) is 20.0 Å². The zero-order valence-corrected chi connectivity index (χ0v) is 17.4. The third kappa shape index (κ3) is 4.03. The van der Waals surface area contributed by atoms with Gasteiger partial charge in [0.25, 0.3) is 10.0 Å². The molecule has 154 valence electrons. The SMILES string of the molecule is COc1ccncc1CN=C1Nc2c(Oc3ccccc3Cl)cccc2S(=O)(=O)N1. The zero-order chi connectivity index (χ0) is 21.1. The van der Waals surface area contributed by atoms with Crippen molar-refractivity contribution < 1.29 is 17.9 Å². The molecule has 0 saturated carbocycles. The van der Waals surface area contributed by atoms with Gasteiger partial charge < -0.3 is 14.8 Å². The van der Waals surface area contributed by atoms with E-state index < -0.39 is 10.0 Å². The number of nitrogens with one attached hydrogen (secondary N) is 2. The van der Waals surface area contributed by atoms with Crippen molar-refractivity contribution in [2.75, 3.05) is 12.4 Å². The number of benzene rings is 2. The predicted molar refractivity (Wildman–Crippen MR) is 114 cm³/mol. The molecule has 2 aromatic carbocycles. The van der Waals surface area contributed by atoms with Crippen LogP contribution in [-0.4, -0.2) is 26.5 Å². The van der Waals surface area contributed by atoms with E-state index in [4.69, 9.17) is 21.1 Å². The number of fused-ring (bicyclic) bond motifs is 1. The van der Waals surface area contributed by atoms with Gasteiger partial charge in [0, 0.05) is 18.0 Å². The molecule has 0 bridgehead atoms. The molecule has 0 atom stereocenters. The summed E-state index contributed by atoms with van der Waals surface area (Å²) >= 11 is 6.17. The van der Waals surface area contributed by atoms with Gasteiger partial charge in [0.05, 0.1) is 18.7 Å². The van der Waals surface area contributed by atoms with Crippen LogP contribution in [0, 0.1) is 0 Å². The maximum absolute atomic E-state index is 12.7. The molecule has 0 amide bonds. The molecule has 30 heavy (non-hydrogen) atoms. The second-order valence-corrected chi connectivity index (χ2v) is 8.30. The van der Waals surface area contributed by atoms with Crippen LogP contribution in [0.5, 0.6) is 17.2 Å². The quantitative estimate of drug-likeness (QED) is 0.620. The molecule has 0 fully saturated rings. The first-order valence-electron chi connectivity index (χ1n) is 8.84. The predicted octanol–water partition coefficient (Wildman–Crippen LogP) is 3.80. The molecule has 0 spiro atoms. The molecule has 4 rings (SSSR count). The molecule has 1 aromatic heterocycles. The van der Waals surface area contributed by atoms with Crippen LogP contribution in [0.3, 0.4) is 0 Å². The van der Waals surface area contributed by atoms with E-state index in [1.54, 1.807) is 62.0 Å². The van der Waals surface area contributed by atoms with Gasteiger partial charge in [-0.1, -0.05) is 29.8 Å². The van der Waals surface area contributed by atoms with Crippen LogP contribution in [0.4, 0.5) is 5.69 Å². The second kappa shape index (κ2) is 8.21. The van der Waals surface area contributed by atoms with E-state index in [0.29, 0.717) is 27.8 Å². The van der Waals surface area contributed by atoms with Gasteiger partial charge >= 0.3 is 0 Å². The molecule has 0 aliphatic carbocycles. The molecule has 1 aliphatic rings. The van der Waals surface area contributed by atoms with Gasteiger partial charge in [-0.2, -0.15) is 0 Å². The molecular formula is C20H17ClN4O4S. The lowest BCUT2D eigenvalue weighted by atomic mass is 10.2. The molecule has 2 N–H and O–H groups in total. The van der Waals surface area contributed by atoms with Gasteiger partial charge in [0.2, 0.25) is 5.96 Å². The fourth-order valence-electron chi connectivity index (χ4n) is 2.88. The maximum atomic E-state index is 12.7. The Morgan fingerprint density at radius 2 is 1.87 bits per heavy atom. The third-order valence-corrected chi connectivity index (χ3v) is 5.99. The largest absolute Gasteiger partial charge is 0.496 e. The number of aliphatic imine (C=N–C) groups is 1. The van der Waals surface area contributed by atoms with E-state index in [-0.39, 0.29) is 23.1 Å². The van der Waals surface area contributed by atoms with Crippen molar-refractivity contribution >= 4 is 33.3 Å². The van der Waals surface area contributed by atoms with Gasteiger partial charge in [-0.3, -0.25) is 4.98 Å². The Morgan fingerprint density at radius 3 is 2.67 bits per heavy atom. The molecule has 2 heterocycles. The number of guanidine groups is 1. The zero-order valence-electron chi connectivity index (χ0n) is 15.8. The van der Waals surface area contributed by atoms with E-state index in [9.17, 15) is 8.42 Å². The first-order chi connectivity index (χ1) is 14.5. The van der Waals surface area contributed by atoms with Gasteiger partial charge in [-0.05, 0) is 30.3 Å². The lowest BCUT2D eigenvalue weighted by Gasteiger charge is -2.23. The summed E-state index contributed by atoms with van der Waals surface area (Å²) in [7, 11) is -2.30. The number of ether oxygens (including phenoxy) is 2. The van der Waals surface area contributed by atoms with Crippen molar-refractivity contribution in [3.63, 3.8) is 0 Å². The van der Waals surface area contributed by atoms with E-state index in [1.165, 1.54) is 6.07 Å². The first kappa shape index (κ1) is 20.0. The number of hydrogen-bond acceptors (Lipinski definition) is 6. The van der Waals surface area contributed by atoms with Crippen LogP contribution in [0.15, 0.2) is 70.8 Å². The number of methoxy groups -OCH3 is 1. The van der Waals surface area contributed by atoms with E-state index >= 15 is 0 Å². The van der Waals surface area contributed by atoms with Gasteiger partial charge in [0.15, 0.2) is 5.75 Å². The summed E-state index contributed by atoms with van der Waals surface area (Å²) in [6.07, 6.45) is 3.21. The molecule has 10 heteroatoms. The molecule has 0 radical (unpaired) electrons. The molecular weight excluding hydrogens is 428 g/mol. The summed E-state index contributed by atoms with van der Waals surface area (Å²) in [4.78, 5) is 8.43. The lowest BCUT2D eigenvalue weighted by molar-refractivity contribution is 0.409. The normalized spacial score (nSPS) is 15.6. The second-order valence-electron chi connectivity index (χ2n) is 6.24. The Labute approximate surface area is 178 Å². The maximum Gasteiger partial charge on any atom is 0.266 e. The number of pyridine rings is 1. The van der Waals surface area contributed by atoms with Crippen LogP contribution in [0.2, 0.25) is 5.02 Å². The summed E-state index contributed by atoms with van der Waals surface area (Å²) in [6.45, 7) is 0.157. The van der Waals surface area contributed by atoms with Crippen LogP contribution < -0.4 is 19.5 Å². The van der Waals surface area contributed by atoms with Crippen LogP contribution in [0.1, 0.15) is 5.56 Å². The third-order valence-electron chi connectivity index (χ3n) is 4.29. The molecule has 8 nitrogen and oxygen atoms in total. The smallest absolute Gasteiger partial charge is 0.266 e. The summed E-state index contributed by atoms with van der Waals surface area (Å²) in [5.74, 6) is 1.38. The van der Waals surface area contributed by atoms with Crippen LogP contribution >= 0.6 is 11.6 Å². The summed E-state index contributed by atoms with van der Waals surface area (Å²) < 4.78 is 39.1. The lowest BCUT2D eigenvalue weighted by Crippen LogP contribution is -2.40. The number of aromatic nitrogens is 1. The highest BCUT2D eigenvalue weighted by Gasteiger charge is 2.29. The average molecular weight is 445 g/mol. The minimum atomic E-state index is -3.84. The standard InChI is InChI=1S/C20H17ClN4O4S/c1-28-15-9-10-22-11-13(15)12-23-20-24-19-17(29-16-6-3-2-5-14(16)21)7-4-8-18(19)30(26,27)25-20/h2-11H,12H2,1H3,(H2,23,24,25). The fourth-order valence-corrected chi connectivity index (χ4v) is 4.22. The minimum Gasteiger partial charge on any atom is -0.496 e. The minimum absolute atomic E-state index is 0.0463. The van der Waals surface area contributed by atoms with Gasteiger partial charge in [-0.15, -0.1) is 0 Å². The Hall–Kier alpha value is -3.30. The Bertz CT molecular complexity index is 1230. The van der Waals surface area contributed by atoms with Crippen molar-refractivity contribution in [3.8, 4) is 17.2 Å². The van der Waals surface area contributed by atoms with Crippen molar-refractivity contribution in [3.05, 3.63) is 71.5 Å². The Balaban J connectivity index is 1.68. The molecule has 1 aliphatic heterocycles. The number of hydrogen-bond donors (Lipinski definition) is 2. The highest BCUT2D eigenvalue weighted by molar-refractivity contribution is 7.90. The highest BCUT2D eigenvalue weighted by Crippen LogP contribution is 2.38. The monoisotopic (exact) mass is 444 g/mol. The fraction of sp³-hybridized carbons (Fsp3) is 0.100. The molecule has 3 aromatic rings. The average Bonchev–Trinajstić information content (AvgIpc) is 2.74. The van der Waals surface area contributed by atoms with Crippen molar-refractivity contribution in [2.45, 2.75) is 11.4 Å². The van der Waals surface area contributed by atoms with Crippen LogP contribution in [-0.2, 0) is 16.6 Å². The summed E-state index contributed by atoms with van der Waals surface area (Å²) in [5.41, 5.74) is 0.980. The molecule has 0 unspecified atom stereocenters. The van der Waals surface area contributed by atoms with Crippen molar-refractivity contribution in [1.29, 1.82) is 0 Å². The highest BCUT2D eigenvalue weighted by atomic mass is 35.5. The number of nitrogens with zero attached hydrogens (tertiary/aromatic N) is 2. The van der Waals surface area contributed by atoms with E-state index in [1.807, 2.05) is 0 Å². The van der Waals surface area contributed by atoms with Crippen molar-refractivity contribution in [2.24, 2.45) is 4.99 Å². The number of rotatable bonds is 5. The van der Waals surface area contributed by atoms with Crippen molar-refractivity contribution in [1.82, 2.24) is 9.71 Å². The number of anilines is 1. The summed E-state index contributed by atoms with van der Waals surface area (Å²) in [6, 6.07) is 13.4. The Kier molecular flexibility index (Phi) is 5.47. The van der Waals surface area contributed by atoms with E-state index in [0.717, 1.165) is 0 Å². The topological polar surface area (TPSA) is 102 Å². The van der Waals surface area contributed by atoms with Gasteiger partial charge in [0.1, 0.15) is 22.1 Å². The van der Waals surface area contributed by atoms with Crippen LogP contribution in [0.25, 0.3) is 0 Å². The summed E-state index contributed by atoms with van der Waals surface area (Å²) in [5, 5.41) is 3.41. The number of halogens is 1. The Morgan fingerprint density at radius 1 is 1.07 bits per heavy atom. The number of para-hydroxylation sites is 2. The first-order valence-corrected chi connectivity index (χ1v) is 10.7. The van der Waals surface area contributed by atoms with Gasteiger partial charge in [-0.25, -0.2) is 18.1 Å². The number of sulfonamides is 1.